The van der Waals surface area contributed by atoms with Crippen molar-refractivity contribution in [2.75, 3.05) is 13.2 Å². The molecule has 1 saturated heterocycles. The summed E-state index contributed by atoms with van der Waals surface area (Å²) in [6, 6.07) is 3.87. The van der Waals surface area contributed by atoms with Crippen LogP contribution in [0, 0.1) is 0 Å². The monoisotopic (exact) mass is 310 g/mol. The number of ketones is 1. The smallest absolute Gasteiger partial charge is 0.198 e. The van der Waals surface area contributed by atoms with E-state index in [1.807, 2.05) is 19.1 Å². The molecule has 4 heteroatoms. The Morgan fingerprint density at radius 1 is 1.39 bits per heavy atom. The number of benzene rings is 1. The van der Waals surface area contributed by atoms with Crippen LogP contribution in [-0.2, 0) is 11.2 Å². The fourth-order valence-electron chi connectivity index (χ4n) is 2.68. The summed E-state index contributed by atoms with van der Waals surface area (Å²) in [5, 5.41) is 0. The van der Waals surface area contributed by atoms with Crippen molar-refractivity contribution in [3.05, 3.63) is 27.7 Å². The average Bonchev–Trinajstić information content (AvgIpc) is 2.96. The van der Waals surface area contributed by atoms with Gasteiger partial charge >= 0.3 is 0 Å². The van der Waals surface area contributed by atoms with Gasteiger partial charge in [-0.15, -0.1) is 0 Å². The van der Waals surface area contributed by atoms with E-state index in [1.54, 1.807) is 0 Å². The fourth-order valence-corrected chi connectivity index (χ4v) is 3.19. The second-order valence-electron chi connectivity index (χ2n) is 5.05. The molecule has 96 valence electrons. The molecule has 1 fully saturated rings. The van der Waals surface area contributed by atoms with Gasteiger partial charge in [0.2, 0.25) is 0 Å². The normalized spacial score (nSPS) is 25.9. The number of rotatable bonds is 2. The lowest BCUT2D eigenvalue weighted by Gasteiger charge is -2.22. The predicted octanol–water partition coefficient (Wildman–Crippen LogP) is 3.14. The summed E-state index contributed by atoms with van der Waals surface area (Å²) in [6.07, 6.45) is 2.60. The Labute approximate surface area is 115 Å². The summed E-state index contributed by atoms with van der Waals surface area (Å²) < 4.78 is 12.2. The third-order valence-corrected chi connectivity index (χ3v) is 4.15. The zero-order chi connectivity index (χ0) is 12.8. The molecule has 1 unspecified atom stereocenters. The van der Waals surface area contributed by atoms with Gasteiger partial charge in [0.25, 0.3) is 0 Å². The van der Waals surface area contributed by atoms with Crippen LogP contribution in [0.2, 0.25) is 0 Å². The van der Waals surface area contributed by atoms with Gasteiger partial charge in [-0.05, 0) is 37.5 Å². The van der Waals surface area contributed by atoms with Gasteiger partial charge in [0.1, 0.15) is 11.4 Å². The number of carbonyl (C=O) groups is 1. The van der Waals surface area contributed by atoms with Gasteiger partial charge in [0.05, 0.1) is 12.2 Å². The lowest BCUT2D eigenvalue weighted by atomic mass is 9.90. The molecule has 0 spiro atoms. The third kappa shape index (κ3) is 1.88. The second-order valence-corrected chi connectivity index (χ2v) is 5.97. The van der Waals surface area contributed by atoms with E-state index in [-0.39, 0.29) is 5.78 Å². The molecule has 0 N–H and O–H groups in total. The van der Waals surface area contributed by atoms with Crippen LogP contribution in [0.3, 0.4) is 0 Å². The molecule has 18 heavy (non-hydrogen) atoms. The predicted molar refractivity (Wildman–Crippen MR) is 71.3 cm³/mol. The van der Waals surface area contributed by atoms with E-state index in [1.165, 1.54) is 0 Å². The second kappa shape index (κ2) is 4.35. The van der Waals surface area contributed by atoms with Crippen LogP contribution in [0.5, 0.6) is 5.75 Å². The van der Waals surface area contributed by atoms with Crippen molar-refractivity contribution in [1.82, 2.24) is 0 Å². The van der Waals surface area contributed by atoms with Crippen molar-refractivity contribution < 1.29 is 14.3 Å². The highest BCUT2D eigenvalue weighted by Crippen LogP contribution is 2.37. The Bertz CT molecular complexity index is 504. The maximum absolute atomic E-state index is 12.7. The molecule has 1 aromatic carbocycles. The molecular weight excluding hydrogens is 296 g/mol. The van der Waals surface area contributed by atoms with E-state index in [4.69, 9.17) is 9.47 Å². The fraction of sp³-hybridized carbons (Fsp3) is 0.500. The average molecular weight is 311 g/mol. The van der Waals surface area contributed by atoms with E-state index < -0.39 is 5.60 Å². The van der Waals surface area contributed by atoms with Gasteiger partial charge in [-0.25, -0.2) is 0 Å². The van der Waals surface area contributed by atoms with Crippen molar-refractivity contribution in [2.24, 2.45) is 0 Å². The molecule has 3 rings (SSSR count). The first kappa shape index (κ1) is 12.2. The van der Waals surface area contributed by atoms with Gasteiger partial charge in [-0.2, -0.15) is 0 Å². The standard InChI is InChI=1S/C14H15BrO3/c1-14(4-2-5-18-14)13(16)11-8-10(15)7-9-3-6-17-12(9)11/h7-8H,2-6H2,1H3. The summed E-state index contributed by atoms with van der Waals surface area (Å²) in [4.78, 5) is 12.7. The summed E-state index contributed by atoms with van der Waals surface area (Å²) in [7, 11) is 0. The molecule has 0 saturated carbocycles. The highest BCUT2D eigenvalue weighted by Gasteiger charge is 2.40. The highest BCUT2D eigenvalue weighted by atomic mass is 79.9. The first-order chi connectivity index (χ1) is 8.60. The van der Waals surface area contributed by atoms with Crippen molar-refractivity contribution in [1.29, 1.82) is 0 Å². The molecular formula is C14H15BrO3. The van der Waals surface area contributed by atoms with E-state index in [0.29, 0.717) is 18.8 Å². The number of fused-ring (bicyclic) bond motifs is 1. The Morgan fingerprint density at radius 3 is 2.94 bits per heavy atom. The van der Waals surface area contributed by atoms with Crippen LogP contribution in [0.25, 0.3) is 0 Å². The topological polar surface area (TPSA) is 35.5 Å². The molecule has 0 amide bonds. The summed E-state index contributed by atoms with van der Waals surface area (Å²) >= 11 is 3.46. The van der Waals surface area contributed by atoms with E-state index >= 15 is 0 Å². The van der Waals surface area contributed by atoms with Crippen LogP contribution in [0.4, 0.5) is 0 Å². The maximum Gasteiger partial charge on any atom is 0.198 e. The molecule has 2 aliphatic heterocycles. The van der Waals surface area contributed by atoms with Crippen molar-refractivity contribution >= 4 is 21.7 Å². The Kier molecular flexibility index (Phi) is 2.94. The number of hydrogen-bond donors (Lipinski definition) is 0. The number of carbonyl (C=O) groups excluding carboxylic acids is 1. The molecule has 2 heterocycles. The number of ether oxygens (including phenoxy) is 2. The van der Waals surface area contributed by atoms with Crippen LogP contribution in [-0.4, -0.2) is 24.6 Å². The Morgan fingerprint density at radius 2 is 2.22 bits per heavy atom. The lowest BCUT2D eigenvalue weighted by molar-refractivity contribution is 0.0211. The summed E-state index contributed by atoms with van der Waals surface area (Å²) in [5.74, 6) is 0.791. The van der Waals surface area contributed by atoms with Crippen LogP contribution >= 0.6 is 15.9 Å². The number of Topliss-reactive ketones (excluding diaryl/α,β-unsaturated/α-hetero) is 1. The molecule has 0 bridgehead atoms. The van der Waals surface area contributed by atoms with Gasteiger partial charge < -0.3 is 9.47 Å². The molecule has 0 radical (unpaired) electrons. The van der Waals surface area contributed by atoms with Gasteiger partial charge in [-0.1, -0.05) is 15.9 Å². The van der Waals surface area contributed by atoms with E-state index in [2.05, 4.69) is 15.9 Å². The van der Waals surface area contributed by atoms with Crippen LogP contribution in [0.1, 0.15) is 35.7 Å². The number of hydrogen-bond acceptors (Lipinski definition) is 3. The quantitative estimate of drug-likeness (QED) is 0.787. The SMILES string of the molecule is CC1(C(=O)c2cc(Br)cc3c2OCC3)CCCO1. The molecule has 1 atom stereocenters. The van der Waals surface area contributed by atoms with Crippen molar-refractivity contribution in [3.8, 4) is 5.75 Å². The Hall–Kier alpha value is -0.870. The summed E-state index contributed by atoms with van der Waals surface area (Å²) in [6.45, 7) is 3.20. The minimum atomic E-state index is -0.680. The largest absolute Gasteiger partial charge is 0.492 e. The van der Waals surface area contributed by atoms with Crippen LogP contribution < -0.4 is 4.74 Å². The minimum absolute atomic E-state index is 0.0412. The zero-order valence-electron chi connectivity index (χ0n) is 10.3. The molecule has 0 aliphatic carbocycles. The Balaban J connectivity index is 2.04. The first-order valence-electron chi connectivity index (χ1n) is 6.24. The first-order valence-corrected chi connectivity index (χ1v) is 7.03. The van der Waals surface area contributed by atoms with Gasteiger partial charge in [0.15, 0.2) is 5.78 Å². The zero-order valence-corrected chi connectivity index (χ0v) is 11.9. The molecule has 1 aromatic rings. The molecule has 3 nitrogen and oxygen atoms in total. The molecule has 0 aromatic heterocycles. The van der Waals surface area contributed by atoms with Gasteiger partial charge in [0, 0.05) is 17.5 Å². The maximum atomic E-state index is 12.7. The number of halogens is 1. The third-order valence-electron chi connectivity index (χ3n) is 3.69. The highest BCUT2D eigenvalue weighted by molar-refractivity contribution is 9.10. The summed E-state index contributed by atoms with van der Waals surface area (Å²) in [5.41, 5.74) is 1.08. The van der Waals surface area contributed by atoms with Gasteiger partial charge in [-0.3, -0.25) is 4.79 Å². The van der Waals surface area contributed by atoms with Crippen molar-refractivity contribution in [2.45, 2.75) is 31.8 Å². The minimum Gasteiger partial charge on any atom is -0.492 e. The van der Waals surface area contributed by atoms with Crippen LogP contribution in [0.15, 0.2) is 16.6 Å². The molecule has 2 aliphatic rings. The van der Waals surface area contributed by atoms with Crippen molar-refractivity contribution in [3.63, 3.8) is 0 Å². The van der Waals surface area contributed by atoms with E-state index in [0.717, 1.165) is 35.0 Å². The lowest BCUT2D eigenvalue weighted by Crippen LogP contribution is -2.34. The van der Waals surface area contributed by atoms with E-state index in [9.17, 15) is 4.79 Å².